The summed E-state index contributed by atoms with van der Waals surface area (Å²) in [5.74, 6) is -0.246. The molecule has 1 fully saturated rings. The first-order valence-corrected chi connectivity index (χ1v) is 12.0. The highest BCUT2D eigenvalue weighted by Gasteiger charge is 2.47. The Balaban J connectivity index is 1.40. The number of halogens is 2. The van der Waals surface area contributed by atoms with Crippen molar-refractivity contribution in [3.63, 3.8) is 0 Å². The van der Waals surface area contributed by atoms with Gasteiger partial charge in [0.05, 0.1) is 23.1 Å². The summed E-state index contributed by atoms with van der Waals surface area (Å²) < 4.78 is 30.4. The summed E-state index contributed by atoms with van der Waals surface area (Å²) in [6.07, 6.45) is 7.97. The normalized spacial score (nSPS) is 22.9. The summed E-state index contributed by atoms with van der Waals surface area (Å²) in [6.45, 7) is 1.34. The van der Waals surface area contributed by atoms with E-state index in [-0.39, 0.29) is 41.2 Å². The number of nitrogens with two attached hydrogens (primary N) is 1. The van der Waals surface area contributed by atoms with E-state index in [1.165, 1.54) is 12.3 Å². The molecule has 0 saturated heterocycles. The van der Waals surface area contributed by atoms with Crippen LogP contribution in [0.1, 0.15) is 32.9 Å². The van der Waals surface area contributed by atoms with E-state index in [4.69, 9.17) is 5.73 Å². The largest absolute Gasteiger partial charge is 0.369 e. The second-order valence-electron chi connectivity index (χ2n) is 9.76. The van der Waals surface area contributed by atoms with E-state index in [0.29, 0.717) is 5.52 Å². The van der Waals surface area contributed by atoms with Crippen LogP contribution in [0, 0.1) is 17.8 Å². The van der Waals surface area contributed by atoms with Gasteiger partial charge in [0.2, 0.25) is 11.9 Å². The molecule has 0 radical (unpaired) electrons. The lowest BCUT2D eigenvalue weighted by Gasteiger charge is -2.27. The maximum absolute atomic E-state index is 13.8. The molecule has 11 heteroatoms. The van der Waals surface area contributed by atoms with E-state index in [1.54, 1.807) is 0 Å². The second-order valence-corrected chi connectivity index (χ2v) is 9.76. The van der Waals surface area contributed by atoms with Gasteiger partial charge in [0.15, 0.2) is 5.82 Å². The Labute approximate surface area is 205 Å². The van der Waals surface area contributed by atoms with Crippen molar-refractivity contribution in [1.29, 1.82) is 0 Å². The molecular weight excluding hydrogens is 466 g/mol. The van der Waals surface area contributed by atoms with Crippen molar-refractivity contribution >= 4 is 45.3 Å². The smallest absolute Gasteiger partial charge is 0.319 e. The van der Waals surface area contributed by atoms with Crippen LogP contribution in [0.15, 0.2) is 48.8 Å². The van der Waals surface area contributed by atoms with Crippen LogP contribution in [0.3, 0.4) is 0 Å². The maximum atomic E-state index is 13.8. The van der Waals surface area contributed by atoms with E-state index >= 15 is 0 Å². The maximum Gasteiger partial charge on any atom is 0.319 e. The molecule has 2 aliphatic rings. The first kappa shape index (κ1) is 22.4. The number of allylic oxidation sites excluding steroid dienone is 1. The zero-order valence-corrected chi connectivity index (χ0v) is 19.8. The molecule has 1 aromatic carbocycles. The van der Waals surface area contributed by atoms with Crippen LogP contribution in [0.4, 0.5) is 26.2 Å². The summed E-state index contributed by atoms with van der Waals surface area (Å²) >= 11 is 0. The summed E-state index contributed by atoms with van der Waals surface area (Å²) in [4.78, 5) is 21.3. The van der Waals surface area contributed by atoms with Crippen molar-refractivity contribution in [3.05, 3.63) is 48.8 Å². The summed E-state index contributed by atoms with van der Waals surface area (Å²) in [5, 5.41) is 12.0. The molecule has 3 aromatic heterocycles. The van der Waals surface area contributed by atoms with Crippen LogP contribution in [0.2, 0.25) is 0 Å². The van der Waals surface area contributed by atoms with Gasteiger partial charge in [0.25, 0.3) is 0 Å². The van der Waals surface area contributed by atoms with Gasteiger partial charge in [-0.15, -0.1) is 0 Å². The number of carbonyl (C=O) groups excluding carboxylic acids is 1. The SMILES string of the molecule is CC(C)n1ncc2ccc(Nc3nc(N[C@H]4[C@@H](C(N)=O)[C@@H]5C=C[C@H]4C5)c4c(ccn4C(F)F)n3)cc21. The molecule has 186 valence electrons. The number of nitrogens with one attached hydrogen (secondary N) is 2. The van der Waals surface area contributed by atoms with Crippen molar-refractivity contribution in [2.45, 2.75) is 38.9 Å². The summed E-state index contributed by atoms with van der Waals surface area (Å²) in [5.41, 5.74) is 7.94. The van der Waals surface area contributed by atoms with Gasteiger partial charge in [0, 0.05) is 29.4 Å². The highest BCUT2D eigenvalue weighted by atomic mass is 19.3. The van der Waals surface area contributed by atoms with Gasteiger partial charge in [-0.3, -0.25) is 14.0 Å². The zero-order chi connectivity index (χ0) is 25.1. The number of hydrogen-bond acceptors (Lipinski definition) is 6. The molecule has 0 unspecified atom stereocenters. The minimum atomic E-state index is -2.77. The van der Waals surface area contributed by atoms with Crippen molar-refractivity contribution in [1.82, 2.24) is 24.3 Å². The molecule has 4 atom stereocenters. The molecule has 2 aliphatic carbocycles. The number of amides is 1. The fourth-order valence-electron chi connectivity index (χ4n) is 5.61. The predicted molar refractivity (Wildman–Crippen MR) is 133 cm³/mol. The first-order chi connectivity index (χ1) is 17.3. The van der Waals surface area contributed by atoms with Crippen LogP contribution in [0.25, 0.3) is 21.9 Å². The van der Waals surface area contributed by atoms with Crippen molar-refractivity contribution in [3.8, 4) is 0 Å². The van der Waals surface area contributed by atoms with E-state index in [1.807, 2.05) is 35.2 Å². The lowest BCUT2D eigenvalue weighted by molar-refractivity contribution is -0.122. The number of anilines is 3. The van der Waals surface area contributed by atoms with Gasteiger partial charge in [-0.1, -0.05) is 12.2 Å². The number of rotatable bonds is 7. The lowest BCUT2D eigenvalue weighted by Crippen LogP contribution is -2.41. The minimum absolute atomic E-state index is 0.0411. The van der Waals surface area contributed by atoms with Gasteiger partial charge in [-0.25, -0.2) is 4.98 Å². The van der Waals surface area contributed by atoms with Gasteiger partial charge >= 0.3 is 6.55 Å². The van der Waals surface area contributed by atoms with Gasteiger partial charge in [-0.05, 0) is 56.4 Å². The quantitative estimate of drug-likeness (QED) is 0.325. The Morgan fingerprint density at radius 1 is 1.17 bits per heavy atom. The Hall–Kier alpha value is -4.02. The molecule has 0 spiro atoms. The number of fused-ring (bicyclic) bond motifs is 4. The molecular formula is C25H26F2N8O. The standard InChI is InChI=1S/C25H26F2N8O/c1-12(2)35-18-10-16(6-5-15(18)11-29-35)30-25-31-17-7-8-34(24(26)27)21(17)23(33-25)32-20-14-4-3-13(9-14)19(20)22(28)36/h3-8,10-14,19-20,24H,9H2,1-2H3,(H2,28,36)(H2,30,31,32,33)/t13-,14+,19+,20-/m1/s1. The number of carbonyl (C=O) groups is 1. The third kappa shape index (κ3) is 3.57. The van der Waals surface area contributed by atoms with Crippen LogP contribution >= 0.6 is 0 Å². The number of primary amides is 1. The fraction of sp³-hybridized carbons (Fsp3) is 0.360. The minimum Gasteiger partial charge on any atom is -0.369 e. The lowest BCUT2D eigenvalue weighted by atomic mass is 9.88. The predicted octanol–water partition coefficient (Wildman–Crippen LogP) is 4.59. The number of alkyl halides is 2. The van der Waals surface area contributed by atoms with E-state index in [2.05, 4.69) is 45.6 Å². The Kier molecular flexibility index (Phi) is 5.16. The van der Waals surface area contributed by atoms with Gasteiger partial charge in [0.1, 0.15) is 5.52 Å². The number of nitrogens with zero attached hydrogens (tertiary/aromatic N) is 5. The molecule has 3 heterocycles. The highest BCUT2D eigenvalue weighted by molar-refractivity contribution is 5.89. The Morgan fingerprint density at radius 3 is 2.72 bits per heavy atom. The van der Waals surface area contributed by atoms with Crippen LogP contribution in [-0.4, -0.2) is 36.3 Å². The van der Waals surface area contributed by atoms with E-state index < -0.39 is 18.4 Å². The average Bonchev–Trinajstić information content (AvgIpc) is 3.60. The zero-order valence-electron chi connectivity index (χ0n) is 19.8. The van der Waals surface area contributed by atoms with E-state index in [9.17, 15) is 13.6 Å². The number of aromatic nitrogens is 5. The van der Waals surface area contributed by atoms with Gasteiger partial charge < -0.3 is 16.4 Å². The van der Waals surface area contributed by atoms with Crippen LogP contribution in [-0.2, 0) is 4.79 Å². The molecule has 1 saturated carbocycles. The monoisotopic (exact) mass is 492 g/mol. The second kappa shape index (κ2) is 8.28. The van der Waals surface area contributed by atoms with Crippen molar-refractivity contribution < 1.29 is 13.6 Å². The number of benzene rings is 1. The molecule has 4 N–H and O–H groups in total. The Morgan fingerprint density at radius 2 is 1.97 bits per heavy atom. The van der Waals surface area contributed by atoms with Crippen LogP contribution < -0.4 is 16.4 Å². The third-order valence-corrected chi connectivity index (χ3v) is 7.21. The number of hydrogen-bond donors (Lipinski definition) is 3. The van der Waals surface area contributed by atoms with Crippen molar-refractivity contribution in [2.24, 2.45) is 23.5 Å². The van der Waals surface area contributed by atoms with Crippen molar-refractivity contribution in [2.75, 3.05) is 10.6 Å². The third-order valence-electron chi connectivity index (χ3n) is 7.21. The van der Waals surface area contributed by atoms with Gasteiger partial charge in [-0.2, -0.15) is 18.9 Å². The summed E-state index contributed by atoms with van der Waals surface area (Å²) in [6, 6.07) is 7.18. The molecule has 2 bridgehead atoms. The molecule has 9 nitrogen and oxygen atoms in total. The fourth-order valence-corrected chi connectivity index (χ4v) is 5.61. The molecule has 36 heavy (non-hydrogen) atoms. The first-order valence-electron chi connectivity index (χ1n) is 12.0. The average molecular weight is 493 g/mol. The van der Waals surface area contributed by atoms with Crippen LogP contribution in [0.5, 0.6) is 0 Å². The molecule has 4 aromatic rings. The molecule has 0 aliphatic heterocycles. The highest BCUT2D eigenvalue weighted by Crippen LogP contribution is 2.45. The molecule has 1 amide bonds. The Bertz CT molecular complexity index is 1510. The topological polar surface area (TPSA) is 116 Å². The van der Waals surface area contributed by atoms with E-state index in [0.717, 1.165) is 27.6 Å². The molecule has 6 rings (SSSR count). The summed E-state index contributed by atoms with van der Waals surface area (Å²) in [7, 11) is 0.